The Bertz CT molecular complexity index is 159. The van der Waals surface area contributed by atoms with Crippen molar-refractivity contribution < 1.29 is 4.84 Å². The molecule has 0 spiro atoms. The van der Waals surface area contributed by atoms with Crippen molar-refractivity contribution in [1.82, 2.24) is 0 Å². The van der Waals surface area contributed by atoms with Crippen LogP contribution in [0.5, 0.6) is 0 Å². The summed E-state index contributed by atoms with van der Waals surface area (Å²) in [6.45, 7) is 12.9. The summed E-state index contributed by atoms with van der Waals surface area (Å²) in [4.78, 5) is 5.29. The van der Waals surface area contributed by atoms with Crippen molar-refractivity contribution in [2.75, 3.05) is 0 Å². The van der Waals surface area contributed by atoms with Gasteiger partial charge in [0.05, 0.1) is 5.71 Å². The van der Waals surface area contributed by atoms with E-state index in [1.807, 2.05) is 13.8 Å². The molecule has 0 saturated heterocycles. The third-order valence-corrected chi connectivity index (χ3v) is 1.68. The second-order valence-corrected chi connectivity index (χ2v) is 5.01. The fourth-order valence-corrected chi connectivity index (χ4v) is 1.28. The summed E-state index contributed by atoms with van der Waals surface area (Å²) in [5.74, 6) is 1.31. The average Bonchev–Trinajstić information content (AvgIpc) is 1.97. The summed E-state index contributed by atoms with van der Waals surface area (Å²) in [7, 11) is 0. The van der Waals surface area contributed by atoms with Gasteiger partial charge in [0.15, 0.2) is 0 Å². The first-order chi connectivity index (χ1) is 6.41. The minimum Gasteiger partial charge on any atom is -0.393 e. The molecule has 0 rings (SSSR count). The van der Waals surface area contributed by atoms with E-state index in [-0.39, 0.29) is 6.10 Å². The molecule has 0 amide bonds. The molecular weight excluding hydrogens is 174 g/mol. The second kappa shape index (κ2) is 6.86. The molecule has 0 radical (unpaired) electrons. The lowest BCUT2D eigenvalue weighted by molar-refractivity contribution is 0.0844. The van der Waals surface area contributed by atoms with E-state index in [1.165, 1.54) is 5.71 Å². The van der Waals surface area contributed by atoms with Crippen LogP contribution in [0.15, 0.2) is 5.16 Å². The predicted octanol–water partition coefficient (Wildman–Crippen LogP) is 3.86. The van der Waals surface area contributed by atoms with E-state index in [0.717, 1.165) is 12.8 Å². The Morgan fingerprint density at radius 1 is 0.929 bits per heavy atom. The summed E-state index contributed by atoms with van der Waals surface area (Å²) in [6.07, 6.45) is 2.28. The van der Waals surface area contributed by atoms with Crippen molar-refractivity contribution >= 4 is 5.71 Å². The normalized spacial score (nSPS) is 11.2. The lowest BCUT2D eigenvalue weighted by Crippen LogP contribution is -2.09. The Balaban J connectivity index is 4.15. The number of nitrogens with zero attached hydrogens (tertiary/aromatic N) is 1. The Morgan fingerprint density at radius 2 is 1.36 bits per heavy atom. The molecule has 0 aliphatic heterocycles. The maximum Gasteiger partial charge on any atom is 0.122 e. The number of hydrogen-bond donors (Lipinski definition) is 0. The number of hydrogen-bond acceptors (Lipinski definition) is 2. The number of rotatable bonds is 6. The van der Waals surface area contributed by atoms with Crippen molar-refractivity contribution in [3.63, 3.8) is 0 Å². The molecule has 0 unspecified atom stereocenters. The molecule has 0 bridgehead atoms. The summed E-state index contributed by atoms with van der Waals surface area (Å²) in [5, 5.41) is 4.22. The summed E-state index contributed by atoms with van der Waals surface area (Å²) in [5.41, 5.74) is 1.20. The van der Waals surface area contributed by atoms with Crippen LogP contribution >= 0.6 is 0 Å². The van der Waals surface area contributed by atoms with Crippen LogP contribution in [-0.2, 0) is 4.84 Å². The van der Waals surface area contributed by atoms with Crippen molar-refractivity contribution in [3.8, 4) is 0 Å². The van der Waals surface area contributed by atoms with Crippen LogP contribution < -0.4 is 0 Å². The molecule has 2 nitrogen and oxygen atoms in total. The van der Waals surface area contributed by atoms with Crippen molar-refractivity contribution in [3.05, 3.63) is 0 Å². The van der Waals surface area contributed by atoms with Crippen LogP contribution in [-0.4, -0.2) is 11.8 Å². The second-order valence-electron chi connectivity index (χ2n) is 5.01. The van der Waals surface area contributed by atoms with Crippen LogP contribution in [0.1, 0.15) is 54.4 Å². The molecule has 0 aliphatic rings. The van der Waals surface area contributed by atoms with Gasteiger partial charge < -0.3 is 4.84 Å². The first-order valence-electron chi connectivity index (χ1n) is 5.63. The quantitative estimate of drug-likeness (QED) is 0.470. The van der Waals surface area contributed by atoms with Gasteiger partial charge in [-0.3, -0.25) is 0 Å². The van der Waals surface area contributed by atoms with E-state index in [9.17, 15) is 0 Å². The molecule has 0 aromatic rings. The van der Waals surface area contributed by atoms with Crippen molar-refractivity contribution in [2.45, 2.75) is 60.5 Å². The van der Waals surface area contributed by atoms with Crippen molar-refractivity contribution in [2.24, 2.45) is 17.0 Å². The van der Waals surface area contributed by atoms with Crippen molar-refractivity contribution in [1.29, 1.82) is 0 Å². The lowest BCUT2D eigenvalue weighted by atomic mass is 9.99. The maximum absolute atomic E-state index is 5.29. The molecule has 0 atom stereocenters. The average molecular weight is 199 g/mol. The molecule has 0 aromatic heterocycles. The van der Waals surface area contributed by atoms with Gasteiger partial charge in [0.2, 0.25) is 0 Å². The summed E-state index contributed by atoms with van der Waals surface area (Å²) >= 11 is 0. The van der Waals surface area contributed by atoms with Gasteiger partial charge in [0, 0.05) is 0 Å². The topological polar surface area (TPSA) is 21.6 Å². The van der Waals surface area contributed by atoms with Gasteiger partial charge >= 0.3 is 0 Å². The zero-order valence-corrected chi connectivity index (χ0v) is 10.5. The SMILES string of the molecule is CC(C)CC(CC(C)C)=NOC(C)C. The standard InChI is InChI=1S/C12H25NO/c1-9(2)7-12(8-10(3)4)13-14-11(5)6/h9-11H,7-8H2,1-6H3. The lowest BCUT2D eigenvalue weighted by Gasteiger charge is -2.12. The largest absolute Gasteiger partial charge is 0.393 e. The van der Waals surface area contributed by atoms with E-state index in [1.54, 1.807) is 0 Å². The first-order valence-corrected chi connectivity index (χ1v) is 5.63. The van der Waals surface area contributed by atoms with E-state index in [4.69, 9.17) is 4.84 Å². The molecule has 0 saturated carbocycles. The van der Waals surface area contributed by atoms with E-state index in [2.05, 4.69) is 32.9 Å². The highest BCUT2D eigenvalue weighted by Crippen LogP contribution is 2.11. The zero-order chi connectivity index (χ0) is 11.1. The fraction of sp³-hybridized carbons (Fsp3) is 0.917. The Kier molecular flexibility index (Phi) is 6.60. The van der Waals surface area contributed by atoms with Crippen LogP contribution in [0.25, 0.3) is 0 Å². The highest BCUT2D eigenvalue weighted by Gasteiger charge is 2.07. The van der Waals surface area contributed by atoms with Gasteiger partial charge in [0.1, 0.15) is 6.10 Å². The van der Waals surface area contributed by atoms with Gasteiger partial charge in [-0.05, 0) is 38.5 Å². The third kappa shape index (κ3) is 8.09. The van der Waals surface area contributed by atoms with E-state index < -0.39 is 0 Å². The minimum absolute atomic E-state index is 0.185. The predicted molar refractivity (Wildman–Crippen MR) is 62.6 cm³/mol. The minimum atomic E-state index is 0.185. The van der Waals surface area contributed by atoms with Crippen LogP contribution in [0.4, 0.5) is 0 Å². The number of oxime groups is 1. The highest BCUT2D eigenvalue weighted by molar-refractivity contribution is 5.84. The molecule has 2 heteroatoms. The Hall–Kier alpha value is -0.530. The third-order valence-electron chi connectivity index (χ3n) is 1.68. The van der Waals surface area contributed by atoms with Gasteiger partial charge in [-0.1, -0.05) is 32.9 Å². The fourth-order valence-electron chi connectivity index (χ4n) is 1.28. The summed E-state index contributed by atoms with van der Waals surface area (Å²) < 4.78 is 0. The van der Waals surface area contributed by atoms with Gasteiger partial charge in [0.25, 0.3) is 0 Å². The molecule has 0 aromatic carbocycles. The van der Waals surface area contributed by atoms with Crippen LogP contribution in [0, 0.1) is 11.8 Å². The molecule has 0 N–H and O–H groups in total. The van der Waals surface area contributed by atoms with E-state index in [0.29, 0.717) is 11.8 Å². The zero-order valence-electron chi connectivity index (χ0n) is 10.5. The molecule has 0 fully saturated rings. The van der Waals surface area contributed by atoms with E-state index >= 15 is 0 Å². The van der Waals surface area contributed by atoms with Crippen LogP contribution in [0.2, 0.25) is 0 Å². The first kappa shape index (κ1) is 13.5. The highest BCUT2D eigenvalue weighted by atomic mass is 16.6. The smallest absolute Gasteiger partial charge is 0.122 e. The Labute approximate surface area is 88.7 Å². The molecular formula is C12H25NO. The molecule has 84 valence electrons. The van der Waals surface area contributed by atoms with Crippen LogP contribution in [0.3, 0.4) is 0 Å². The molecule has 0 heterocycles. The summed E-state index contributed by atoms with van der Waals surface area (Å²) in [6, 6.07) is 0. The van der Waals surface area contributed by atoms with Gasteiger partial charge in [-0.15, -0.1) is 0 Å². The molecule has 0 aliphatic carbocycles. The Morgan fingerprint density at radius 3 is 1.64 bits per heavy atom. The monoisotopic (exact) mass is 199 g/mol. The molecule has 14 heavy (non-hydrogen) atoms. The van der Waals surface area contributed by atoms with Gasteiger partial charge in [-0.2, -0.15) is 0 Å². The maximum atomic E-state index is 5.29. The van der Waals surface area contributed by atoms with Gasteiger partial charge in [-0.25, -0.2) is 0 Å².